The molecule has 1 saturated heterocycles. The fourth-order valence-corrected chi connectivity index (χ4v) is 4.06. The summed E-state index contributed by atoms with van der Waals surface area (Å²) < 4.78 is 8.27. The molecular weight excluding hydrogens is 408 g/mol. The van der Waals surface area contributed by atoms with Crippen LogP contribution in [0.15, 0.2) is 42.5 Å². The quantitative estimate of drug-likeness (QED) is 0.581. The first-order valence-electron chi connectivity index (χ1n) is 10.9. The van der Waals surface area contributed by atoms with Gasteiger partial charge in [-0.3, -0.25) is 4.57 Å². The van der Waals surface area contributed by atoms with Crippen molar-refractivity contribution in [3.63, 3.8) is 0 Å². The first-order valence-corrected chi connectivity index (χ1v) is 10.9. The molecule has 0 bridgehead atoms. The van der Waals surface area contributed by atoms with Crippen LogP contribution in [0.25, 0.3) is 11.0 Å². The Kier molecular flexibility index (Phi) is 6.45. The predicted molar refractivity (Wildman–Crippen MR) is 124 cm³/mol. The molecule has 1 fully saturated rings. The number of piperidine rings is 1. The minimum atomic E-state index is -0.862. The van der Waals surface area contributed by atoms with Gasteiger partial charge in [0.05, 0.1) is 16.7 Å². The van der Waals surface area contributed by atoms with E-state index in [1.165, 1.54) is 4.90 Å². The number of amides is 1. The van der Waals surface area contributed by atoms with Gasteiger partial charge in [0.1, 0.15) is 5.82 Å². The molecule has 1 atom stereocenters. The Morgan fingerprint density at radius 2 is 1.94 bits per heavy atom. The van der Waals surface area contributed by atoms with Gasteiger partial charge in [0.2, 0.25) is 5.95 Å². The molecular formula is C23H30N6O3. The summed E-state index contributed by atoms with van der Waals surface area (Å²) in [5.41, 5.74) is 2.62. The van der Waals surface area contributed by atoms with E-state index in [1.807, 2.05) is 68.4 Å². The Morgan fingerprint density at radius 1 is 1.19 bits per heavy atom. The molecule has 3 aromatic rings. The second kappa shape index (κ2) is 9.44. The monoisotopic (exact) mass is 438 g/mol. The number of benzene rings is 1. The SMILES string of the molecule is CCOC(c1cccc(N(C)C)n1)n1c(NC2CCN(C(=O)O)CC2)nc2ccccc21. The van der Waals surface area contributed by atoms with Crippen molar-refractivity contribution in [2.75, 3.05) is 44.0 Å². The van der Waals surface area contributed by atoms with Gasteiger partial charge >= 0.3 is 6.09 Å². The molecule has 4 rings (SSSR count). The summed E-state index contributed by atoms with van der Waals surface area (Å²) in [6.07, 6.45) is 0.139. The molecule has 9 nitrogen and oxygen atoms in total. The molecule has 0 spiro atoms. The van der Waals surface area contributed by atoms with Gasteiger partial charge in [-0.25, -0.2) is 14.8 Å². The Labute approximate surface area is 187 Å². The number of carbonyl (C=O) groups is 1. The van der Waals surface area contributed by atoms with Crippen LogP contribution in [0.4, 0.5) is 16.6 Å². The van der Waals surface area contributed by atoms with E-state index in [2.05, 4.69) is 9.88 Å². The predicted octanol–water partition coefficient (Wildman–Crippen LogP) is 3.64. The summed E-state index contributed by atoms with van der Waals surface area (Å²) in [5, 5.41) is 12.8. The normalized spacial score (nSPS) is 15.7. The molecule has 9 heteroatoms. The van der Waals surface area contributed by atoms with Crippen molar-refractivity contribution in [3.05, 3.63) is 48.2 Å². The van der Waals surface area contributed by atoms with Crippen LogP contribution < -0.4 is 10.2 Å². The molecule has 170 valence electrons. The van der Waals surface area contributed by atoms with Gasteiger partial charge in [-0.05, 0) is 44.0 Å². The third-order valence-corrected chi connectivity index (χ3v) is 5.72. The molecule has 3 heterocycles. The smallest absolute Gasteiger partial charge is 0.407 e. The van der Waals surface area contributed by atoms with Crippen LogP contribution in [-0.2, 0) is 4.74 Å². The van der Waals surface area contributed by atoms with Crippen LogP contribution in [-0.4, -0.2) is 70.5 Å². The number of ether oxygens (including phenoxy) is 1. The number of hydrogen-bond donors (Lipinski definition) is 2. The third-order valence-electron chi connectivity index (χ3n) is 5.72. The fourth-order valence-electron chi connectivity index (χ4n) is 4.06. The van der Waals surface area contributed by atoms with E-state index in [0.717, 1.165) is 35.4 Å². The van der Waals surface area contributed by atoms with Crippen molar-refractivity contribution in [3.8, 4) is 0 Å². The standard InChI is InChI=1S/C23H30N6O3/c1-4-32-21(18-9-7-11-20(25-18)27(2)3)29-19-10-6-5-8-17(19)26-22(29)24-16-12-14-28(15-13-16)23(30)31/h5-11,16,21H,4,12-15H2,1-3H3,(H,24,26)(H,30,31). The van der Waals surface area contributed by atoms with Crippen LogP contribution in [0.1, 0.15) is 31.7 Å². The van der Waals surface area contributed by atoms with Crippen molar-refractivity contribution in [2.24, 2.45) is 0 Å². The van der Waals surface area contributed by atoms with Crippen molar-refractivity contribution in [2.45, 2.75) is 32.0 Å². The van der Waals surface area contributed by atoms with Crippen molar-refractivity contribution >= 4 is 28.9 Å². The summed E-state index contributed by atoms with van der Waals surface area (Å²) in [6, 6.07) is 14.0. The molecule has 32 heavy (non-hydrogen) atoms. The van der Waals surface area contributed by atoms with Gasteiger partial charge in [-0.2, -0.15) is 0 Å². The first-order chi connectivity index (χ1) is 15.5. The van der Waals surface area contributed by atoms with E-state index in [9.17, 15) is 9.90 Å². The second-order valence-corrected chi connectivity index (χ2v) is 8.11. The largest absolute Gasteiger partial charge is 0.465 e. The van der Waals surface area contributed by atoms with E-state index in [1.54, 1.807) is 0 Å². The summed E-state index contributed by atoms with van der Waals surface area (Å²) >= 11 is 0. The van der Waals surface area contributed by atoms with Gasteiger partial charge in [-0.1, -0.05) is 18.2 Å². The molecule has 1 aromatic carbocycles. The van der Waals surface area contributed by atoms with Gasteiger partial charge < -0.3 is 25.0 Å². The zero-order valence-corrected chi connectivity index (χ0v) is 18.7. The fraction of sp³-hybridized carbons (Fsp3) is 0.435. The minimum Gasteiger partial charge on any atom is -0.465 e. The zero-order chi connectivity index (χ0) is 22.7. The number of carboxylic acid groups (broad SMARTS) is 1. The summed E-state index contributed by atoms with van der Waals surface area (Å²) in [6.45, 7) is 3.50. The molecule has 2 aromatic heterocycles. The maximum atomic E-state index is 11.2. The van der Waals surface area contributed by atoms with E-state index in [-0.39, 0.29) is 6.04 Å². The third kappa shape index (κ3) is 4.47. The van der Waals surface area contributed by atoms with E-state index in [0.29, 0.717) is 25.6 Å². The number of pyridine rings is 1. The number of likely N-dealkylation sites (tertiary alicyclic amines) is 1. The number of nitrogens with one attached hydrogen (secondary N) is 1. The number of rotatable bonds is 7. The summed E-state index contributed by atoms with van der Waals surface area (Å²) in [7, 11) is 3.93. The lowest BCUT2D eigenvalue weighted by molar-refractivity contribution is 0.0421. The topological polar surface area (TPSA) is 95.8 Å². The highest BCUT2D eigenvalue weighted by molar-refractivity contribution is 5.79. The van der Waals surface area contributed by atoms with Crippen LogP contribution in [0, 0.1) is 0 Å². The molecule has 0 radical (unpaired) electrons. The van der Waals surface area contributed by atoms with E-state index >= 15 is 0 Å². The first kappa shape index (κ1) is 21.9. The van der Waals surface area contributed by atoms with Crippen LogP contribution in [0.5, 0.6) is 0 Å². The number of para-hydroxylation sites is 2. The van der Waals surface area contributed by atoms with Gasteiger partial charge in [0.25, 0.3) is 0 Å². The molecule has 1 aliphatic heterocycles. The molecule has 1 amide bonds. The minimum absolute atomic E-state index is 0.129. The molecule has 2 N–H and O–H groups in total. The highest BCUT2D eigenvalue weighted by atomic mass is 16.5. The maximum Gasteiger partial charge on any atom is 0.407 e. The Morgan fingerprint density at radius 3 is 2.62 bits per heavy atom. The molecule has 0 saturated carbocycles. The summed E-state index contributed by atoms with van der Waals surface area (Å²) in [5.74, 6) is 1.56. The molecule has 1 unspecified atom stereocenters. The maximum absolute atomic E-state index is 11.2. The lowest BCUT2D eigenvalue weighted by Gasteiger charge is -2.31. The number of imidazole rings is 1. The van der Waals surface area contributed by atoms with Crippen LogP contribution >= 0.6 is 0 Å². The Bertz CT molecular complexity index is 1070. The van der Waals surface area contributed by atoms with Gasteiger partial charge in [0.15, 0.2) is 6.23 Å². The van der Waals surface area contributed by atoms with E-state index < -0.39 is 12.3 Å². The van der Waals surface area contributed by atoms with Crippen molar-refractivity contribution in [1.82, 2.24) is 19.4 Å². The number of nitrogens with zero attached hydrogens (tertiary/aromatic N) is 5. The molecule has 0 aliphatic carbocycles. The Balaban J connectivity index is 1.71. The Hall–Kier alpha value is -3.33. The molecule has 1 aliphatic rings. The highest BCUT2D eigenvalue weighted by Gasteiger charge is 2.27. The van der Waals surface area contributed by atoms with E-state index in [4.69, 9.17) is 14.7 Å². The number of anilines is 2. The average molecular weight is 439 g/mol. The highest BCUT2D eigenvalue weighted by Crippen LogP contribution is 2.31. The lowest BCUT2D eigenvalue weighted by atomic mass is 10.1. The zero-order valence-electron chi connectivity index (χ0n) is 18.7. The summed E-state index contributed by atoms with van der Waals surface area (Å²) in [4.78, 5) is 24.3. The van der Waals surface area contributed by atoms with Gasteiger partial charge in [-0.15, -0.1) is 0 Å². The van der Waals surface area contributed by atoms with Gasteiger partial charge in [0, 0.05) is 39.8 Å². The van der Waals surface area contributed by atoms with Crippen molar-refractivity contribution in [1.29, 1.82) is 0 Å². The number of fused-ring (bicyclic) bond motifs is 1. The second-order valence-electron chi connectivity index (χ2n) is 8.11. The van der Waals surface area contributed by atoms with Crippen LogP contribution in [0.3, 0.4) is 0 Å². The number of aromatic nitrogens is 3. The average Bonchev–Trinajstić information content (AvgIpc) is 3.15. The number of hydrogen-bond acceptors (Lipinski definition) is 6. The lowest BCUT2D eigenvalue weighted by Crippen LogP contribution is -2.42. The van der Waals surface area contributed by atoms with Crippen LogP contribution in [0.2, 0.25) is 0 Å². The van der Waals surface area contributed by atoms with Crippen molar-refractivity contribution < 1.29 is 14.6 Å².